The van der Waals surface area contributed by atoms with Crippen molar-refractivity contribution in [3.63, 3.8) is 0 Å². The van der Waals surface area contributed by atoms with Crippen molar-refractivity contribution in [3.8, 4) is 0 Å². The Labute approximate surface area is 195 Å². The van der Waals surface area contributed by atoms with E-state index in [0.29, 0.717) is 6.42 Å². The average molecular weight is 488 g/mol. The summed E-state index contributed by atoms with van der Waals surface area (Å²) in [4.78, 5) is 10.5. The minimum atomic E-state index is -0.683. The molecular formula is C25H34BrN3O2. The number of imidazole rings is 1. The molecule has 0 aliphatic carbocycles. The summed E-state index contributed by atoms with van der Waals surface area (Å²) < 4.78 is 4.46. The van der Waals surface area contributed by atoms with Gasteiger partial charge in [0.25, 0.3) is 0 Å². The van der Waals surface area contributed by atoms with E-state index in [9.17, 15) is 4.79 Å². The van der Waals surface area contributed by atoms with Gasteiger partial charge in [-0.25, -0.2) is 9.13 Å². The van der Waals surface area contributed by atoms with Gasteiger partial charge >= 0.3 is 11.9 Å². The zero-order chi connectivity index (χ0) is 21.2. The highest BCUT2D eigenvalue weighted by molar-refractivity contribution is 5.73. The monoisotopic (exact) mass is 487 g/mol. The molecule has 0 saturated heterocycles. The number of nitrogens with zero attached hydrogens (tertiary/aromatic N) is 2. The van der Waals surface area contributed by atoms with E-state index in [1.54, 1.807) is 0 Å². The lowest BCUT2D eigenvalue weighted by molar-refractivity contribution is -0.648. The van der Waals surface area contributed by atoms with Gasteiger partial charge in [0, 0.05) is 6.42 Å². The third-order valence-electron chi connectivity index (χ3n) is 5.72. The summed E-state index contributed by atoms with van der Waals surface area (Å²) in [6.07, 6.45) is 9.24. The molecule has 0 aliphatic heterocycles. The Hall–Kier alpha value is -2.34. The third-order valence-corrected chi connectivity index (χ3v) is 5.72. The number of para-hydroxylation sites is 2. The molecular weight excluding hydrogens is 454 g/mol. The molecule has 0 bridgehead atoms. The largest absolute Gasteiger partial charge is 1.00 e. The maximum atomic E-state index is 10.5. The van der Waals surface area contributed by atoms with Gasteiger partial charge in [0.05, 0.1) is 13.1 Å². The molecule has 2 aromatic carbocycles. The number of unbranched alkanes of at least 4 members (excludes halogenated alkanes) is 7. The van der Waals surface area contributed by atoms with Gasteiger partial charge in [-0.05, 0) is 30.5 Å². The van der Waals surface area contributed by atoms with Gasteiger partial charge in [-0.1, -0.05) is 81.0 Å². The highest BCUT2D eigenvalue weighted by Crippen LogP contribution is 2.18. The van der Waals surface area contributed by atoms with Crippen LogP contribution in [0.25, 0.3) is 11.0 Å². The number of benzene rings is 2. The lowest BCUT2D eigenvalue weighted by Gasteiger charge is -2.04. The normalized spacial score (nSPS) is 10.8. The summed E-state index contributed by atoms with van der Waals surface area (Å²) in [5.74, 6) is 0.135. The van der Waals surface area contributed by atoms with E-state index in [0.717, 1.165) is 44.7 Å². The van der Waals surface area contributed by atoms with E-state index in [1.807, 2.05) is 6.07 Å². The maximum absolute atomic E-state index is 10.5. The number of rotatable bonds is 13. The molecule has 0 fully saturated rings. The van der Waals surface area contributed by atoms with E-state index in [2.05, 4.69) is 57.7 Å². The van der Waals surface area contributed by atoms with Crippen molar-refractivity contribution < 1.29 is 31.4 Å². The van der Waals surface area contributed by atoms with Crippen LogP contribution in [0.4, 0.5) is 5.95 Å². The molecule has 0 amide bonds. The first-order valence-electron chi connectivity index (χ1n) is 11.2. The van der Waals surface area contributed by atoms with Crippen LogP contribution in [0.5, 0.6) is 0 Å². The Kier molecular flexibility index (Phi) is 10.6. The van der Waals surface area contributed by atoms with E-state index in [1.165, 1.54) is 42.3 Å². The molecule has 0 saturated carbocycles. The zero-order valence-electron chi connectivity index (χ0n) is 18.2. The second kappa shape index (κ2) is 13.2. The first-order valence-corrected chi connectivity index (χ1v) is 11.2. The summed E-state index contributed by atoms with van der Waals surface area (Å²) >= 11 is 0. The highest BCUT2D eigenvalue weighted by atomic mass is 79.9. The van der Waals surface area contributed by atoms with Crippen LogP contribution in [-0.2, 0) is 17.9 Å². The highest BCUT2D eigenvalue weighted by Gasteiger charge is 2.20. The number of fused-ring (bicyclic) bond motifs is 1. The number of aromatic nitrogens is 2. The number of nitrogens with two attached hydrogens (primary N) is 1. The van der Waals surface area contributed by atoms with Crippen molar-refractivity contribution in [3.05, 3.63) is 60.2 Å². The van der Waals surface area contributed by atoms with Gasteiger partial charge in [0.15, 0.2) is 0 Å². The van der Waals surface area contributed by atoms with Gasteiger partial charge in [0.1, 0.15) is 11.0 Å². The number of aryl methyl sites for hydroxylation is 1. The van der Waals surface area contributed by atoms with Crippen LogP contribution < -0.4 is 27.3 Å². The van der Waals surface area contributed by atoms with Gasteiger partial charge in [-0.15, -0.1) is 0 Å². The van der Waals surface area contributed by atoms with Crippen LogP contribution in [-0.4, -0.2) is 15.6 Å². The van der Waals surface area contributed by atoms with Crippen molar-refractivity contribution in [2.45, 2.75) is 70.9 Å². The Morgan fingerprint density at radius 3 is 2.10 bits per heavy atom. The summed E-state index contributed by atoms with van der Waals surface area (Å²) in [7, 11) is 0. The minimum absolute atomic E-state index is 0. The van der Waals surface area contributed by atoms with Crippen molar-refractivity contribution >= 4 is 23.0 Å². The van der Waals surface area contributed by atoms with Crippen LogP contribution in [0.1, 0.15) is 63.4 Å². The van der Waals surface area contributed by atoms with Crippen LogP contribution >= 0.6 is 0 Å². The minimum Gasteiger partial charge on any atom is -1.00 e. The van der Waals surface area contributed by atoms with Gasteiger partial charge in [-0.3, -0.25) is 10.5 Å². The summed E-state index contributed by atoms with van der Waals surface area (Å²) in [5.41, 5.74) is 10.2. The Bertz CT molecular complexity index is 941. The van der Waals surface area contributed by atoms with Crippen molar-refractivity contribution in [1.29, 1.82) is 0 Å². The molecule has 0 aliphatic rings. The van der Waals surface area contributed by atoms with Crippen LogP contribution in [0, 0.1) is 0 Å². The molecule has 1 aromatic heterocycles. The predicted octanol–water partition coefficient (Wildman–Crippen LogP) is 2.16. The van der Waals surface area contributed by atoms with Crippen molar-refractivity contribution in [2.75, 3.05) is 5.73 Å². The van der Waals surface area contributed by atoms with Gasteiger partial charge in [0.2, 0.25) is 0 Å². The Balaban J connectivity index is 0.00000341. The quantitative estimate of drug-likeness (QED) is 0.286. The van der Waals surface area contributed by atoms with Gasteiger partial charge in [-0.2, -0.15) is 0 Å². The van der Waals surface area contributed by atoms with Gasteiger partial charge < -0.3 is 22.1 Å². The smallest absolute Gasteiger partial charge is 0.356 e. The van der Waals surface area contributed by atoms with Crippen LogP contribution in [0.15, 0.2) is 54.6 Å². The van der Waals surface area contributed by atoms with E-state index in [-0.39, 0.29) is 17.0 Å². The average Bonchev–Trinajstić information content (AvgIpc) is 3.01. The first-order chi connectivity index (χ1) is 14.7. The third kappa shape index (κ3) is 7.39. The molecule has 1 heterocycles. The van der Waals surface area contributed by atoms with Crippen molar-refractivity contribution in [2.24, 2.45) is 0 Å². The fraction of sp³-hybridized carbons (Fsp3) is 0.440. The zero-order valence-corrected chi connectivity index (χ0v) is 19.8. The number of anilines is 1. The first kappa shape index (κ1) is 24.9. The number of aliphatic carboxylic acids is 1. The molecule has 31 heavy (non-hydrogen) atoms. The van der Waals surface area contributed by atoms with E-state index in [4.69, 9.17) is 10.8 Å². The standard InChI is InChI=1S/C25H33N3O2.BrH/c26-25-27(19-13-6-4-2-1-3-5-10-18-24(29)30)22-16-11-12-17-23(22)28(25)20-21-14-8-7-9-15-21;/h7-9,11-12,14-17,26H,1-6,10,13,18-20H2,(H,29,30);1H. The molecule has 3 N–H and O–H groups in total. The summed E-state index contributed by atoms with van der Waals surface area (Å²) in [6, 6.07) is 18.9. The number of hydrogen-bond donors (Lipinski definition) is 2. The summed E-state index contributed by atoms with van der Waals surface area (Å²) in [6.45, 7) is 1.72. The number of hydrogen-bond acceptors (Lipinski definition) is 2. The molecule has 3 aromatic rings. The maximum Gasteiger partial charge on any atom is 0.356 e. The molecule has 0 radical (unpaired) electrons. The number of carboxylic acid groups (broad SMARTS) is 1. The fourth-order valence-corrected chi connectivity index (χ4v) is 4.09. The number of carbonyl (C=O) groups is 1. The molecule has 6 heteroatoms. The lowest BCUT2D eigenvalue weighted by Crippen LogP contribution is -3.00. The second-order valence-corrected chi connectivity index (χ2v) is 8.04. The molecule has 168 valence electrons. The lowest BCUT2D eigenvalue weighted by atomic mass is 10.1. The molecule has 3 rings (SSSR count). The Morgan fingerprint density at radius 1 is 0.839 bits per heavy atom. The number of nitrogen functional groups attached to an aromatic ring is 1. The second-order valence-electron chi connectivity index (χ2n) is 8.04. The fourth-order valence-electron chi connectivity index (χ4n) is 4.09. The molecule has 0 atom stereocenters. The van der Waals surface area contributed by atoms with Crippen LogP contribution in [0.2, 0.25) is 0 Å². The summed E-state index contributed by atoms with van der Waals surface area (Å²) in [5, 5.41) is 8.66. The SMILES string of the molecule is Nc1n(CCCCCCCCCCC(=O)O)c2ccccc2[n+]1Cc1ccccc1.[Br-]. The molecule has 5 nitrogen and oxygen atoms in total. The van der Waals surface area contributed by atoms with Crippen molar-refractivity contribution in [1.82, 2.24) is 4.57 Å². The number of carboxylic acids is 1. The molecule has 0 unspecified atom stereocenters. The topological polar surface area (TPSA) is 72.1 Å². The predicted molar refractivity (Wildman–Crippen MR) is 121 cm³/mol. The van der Waals surface area contributed by atoms with Crippen LogP contribution in [0.3, 0.4) is 0 Å². The number of halogens is 1. The molecule has 0 spiro atoms. The van der Waals surface area contributed by atoms with E-state index < -0.39 is 5.97 Å². The van der Waals surface area contributed by atoms with E-state index >= 15 is 0 Å². The Morgan fingerprint density at radius 2 is 1.42 bits per heavy atom.